The third-order valence-electron chi connectivity index (χ3n) is 2.80. The van der Waals surface area contributed by atoms with E-state index in [1.807, 2.05) is 19.1 Å². The van der Waals surface area contributed by atoms with Gasteiger partial charge in [0.05, 0.1) is 5.25 Å². The van der Waals surface area contributed by atoms with Crippen LogP contribution < -0.4 is 4.72 Å². The fourth-order valence-corrected chi connectivity index (χ4v) is 3.95. The van der Waals surface area contributed by atoms with Gasteiger partial charge in [0.25, 0.3) is 0 Å². The molecule has 0 unspecified atom stereocenters. The van der Waals surface area contributed by atoms with E-state index in [4.69, 9.17) is 4.74 Å². The number of ether oxygens (including phenoxy) is 1. The lowest BCUT2D eigenvalue weighted by Crippen LogP contribution is -2.31. The molecular weight excluding hydrogens is 258 g/mol. The molecule has 1 saturated carbocycles. The van der Waals surface area contributed by atoms with Crippen molar-refractivity contribution < 1.29 is 13.2 Å². The van der Waals surface area contributed by atoms with E-state index in [2.05, 4.69) is 4.72 Å². The van der Waals surface area contributed by atoms with Gasteiger partial charge in [-0.3, -0.25) is 0 Å². The first-order valence-corrected chi connectivity index (χ1v) is 7.97. The van der Waals surface area contributed by atoms with E-state index in [1.54, 1.807) is 18.4 Å². The molecule has 6 heteroatoms. The first kappa shape index (κ1) is 13.0. The van der Waals surface area contributed by atoms with Crippen LogP contribution in [0.5, 0.6) is 0 Å². The lowest BCUT2D eigenvalue weighted by Gasteiger charge is -2.14. The molecule has 1 fully saturated rings. The molecule has 1 aromatic heterocycles. The Morgan fingerprint density at radius 3 is 2.71 bits per heavy atom. The van der Waals surface area contributed by atoms with Gasteiger partial charge in [-0.25, -0.2) is 13.1 Å². The van der Waals surface area contributed by atoms with E-state index < -0.39 is 10.0 Å². The largest absolute Gasteiger partial charge is 0.375 e. The highest BCUT2D eigenvalue weighted by atomic mass is 32.2. The maximum absolute atomic E-state index is 11.7. The first-order chi connectivity index (χ1) is 8.03. The Kier molecular flexibility index (Phi) is 3.87. The average Bonchev–Trinajstić information content (AvgIpc) is 3.05. The Bertz CT molecular complexity index is 477. The number of hydrogen-bond acceptors (Lipinski definition) is 4. The molecule has 2 rings (SSSR count). The summed E-state index contributed by atoms with van der Waals surface area (Å²) in [6.07, 6.45) is 1.37. The first-order valence-electron chi connectivity index (χ1n) is 5.60. The molecule has 0 radical (unpaired) electrons. The summed E-state index contributed by atoms with van der Waals surface area (Å²) in [4.78, 5) is 2.26. The van der Waals surface area contributed by atoms with Crippen LogP contribution in [-0.2, 0) is 14.8 Å². The lowest BCUT2D eigenvalue weighted by molar-refractivity contribution is 0.110. The van der Waals surface area contributed by atoms with Gasteiger partial charge in [0.15, 0.2) is 0 Å². The van der Waals surface area contributed by atoms with Crippen LogP contribution in [0.1, 0.15) is 28.7 Å². The second-order valence-electron chi connectivity index (χ2n) is 4.27. The van der Waals surface area contributed by atoms with Gasteiger partial charge in [-0.15, -0.1) is 11.3 Å². The Labute approximate surface area is 106 Å². The van der Waals surface area contributed by atoms with Gasteiger partial charge in [0.2, 0.25) is 10.0 Å². The highest BCUT2D eigenvalue weighted by Gasteiger charge is 2.35. The highest BCUT2D eigenvalue weighted by Crippen LogP contribution is 2.29. The molecule has 0 aromatic carbocycles. The zero-order valence-electron chi connectivity index (χ0n) is 9.97. The van der Waals surface area contributed by atoms with Crippen molar-refractivity contribution in [2.45, 2.75) is 31.1 Å². The van der Waals surface area contributed by atoms with Gasteiger partial charge in [0, 0.05) is 23.4 Å². The van der Waals surface area contributed by atoms with Gasteiger partial charge in [-0.05, 0) is 31.9 Å². The molecule has 1 aliphatic rings. The summed E-state index contributed by atoms with van der Waals surface area (Å²) >= 11 is 1.64. The van der Waals surface area contributed by atoms with E-state index in [-0.39, 0.29) is 11.4 Å². The summed E-state index contributed by atoms with van der Waals surface area (Å²) in [5.41, 5.74) is 0. The molecule has 0 bridgehead atoms. The summed E-state index contributed by atoms with van der Waals surface area (Å²) < 4.78 is 31.3. The molecule has 1 atom stereocenters. The van der Waals surface area contributed by atoms with Crippen molar-refractivity contribution in [2.24, 2.45) is 0 Å². The van der Waals surface area contributed by atoms with Crippen molar-refractivity contribution in [3.63, 3.8) is 0 Å². The van der Waals surface area contributed by atoms with Crippen LogP contribution in [0.2, 0.25) is 0 Å². The number of sulfonamides is 1. The maximum atomic E-state index is 11.7. The molecule has 1 aromatic rings. The summed E-state index contributed by atoms with van der Waals surface area (Å²) in [5.74, 6) is 0. The van der Waals surface area contributed by atoms with Crippen LogP contribution >= 0.6 is 11.3 Å². The van der Waals surface area contributed by atoms with E-state index in [0.717, 1.165) is 17.7 Å². The molecule has 1 heterocycles. The van der Waals surface area contributed by atoms with Crippen molar-refractivity contribution in [2.75, 3.05) is 13.7 Å². The summed E-state index contributed by atoms with van der Waals surface area (Å²) in [6.45, 7) is 2.34. The molecule has 17 heavy (non-hydrogen) atoms. The van der Waals surface area contributed by atoms with Crippen molar-refractivity contribution in [3.8, 4) is 0 Å². The maximum Gasteiger partial charge on any atom is 0.214 e. The van der Waals surface area contributed by atoms with E-state index >= 15 is 0 Å². The third kappa shape index (κ3) is 3.28. The molecule has 96 valence electrons. The summed E-state index contributed by atoms with van der Waals surface area (Å²) in [7, 11) is -1.52. The van der Waals surface area contributed by atoms with Crippen LogP contribution in [-0.4, -0.2) is 27.3 Å². The normalized spacial score (nSPS) is 18.2. The quantitative estimate of drug-likeness (QED) is 0.861. The SMILES string of the molecule is CO[C@@H](CNS(=O)(=O)C1CC1)c1ccc(C)s1. The van der Waals surface area contributed by atoms with Crippen LogP contribution in [0.3, 0.4) is 0 Å². The van der Waals surface area contributed by atoms with Crippen molar-refractivity contribution in [1.82, 2.24) is 4.72 Å². The monoisotopic (exact) mass is 275 g/mol. The standard InChI is InChI=1S/C11H17NO3S2/c1-8-3-6-11(16-8)10(15-2)7-12-17(13,14)9-4-5-9/h3,6,9-10,12H,4-5,7H2,1-2H3/t10-/m0/s1. The second kappa shape index (κ2) is 5.06. The minimum atomic E-state index is -3.12. The zero-order valence-corrected chi connectivity index (χ0v) is 11.6. The fourth-order valence-electron chi connectivity index (χ4n) is 1.61. The number of aryl methyl sites for hydroxylation is 1. The van der Waals surface area contributed by atoms with Crippen molar-refractivity contribution in [3.05, 3.63) is 21.9 Å². The van der Waals surface area contributed by atoms with E-state index in [0.29, 0.717) is 6.54 Å². The average molecular weight is 275 g/mol. The minimum Gasteiger partial charge on any atom is -0.375 e. The zero-order chi connectivity index (χ0) is 12.5. The van der Waals surface area contributed by atoms with Crippen LogP contribution in [0.15, 0.2) is 12.1 Å². The predicted molar refractivity (Wildman–Crippen MR) is 68.8 cm³/mol. The second-order valence-corrected chi connectivity index (χ2v) is 7.63. The number of methoxy groups -OCH3 is 1. The van der Waals surface area contributed by atoms with E-state index in [9.17, 15) is 8.42 Å². The topological polar surface area (TPSA) is 55.4 Å². The molecule has 0 spiro atoms. The summed E-state index contributed by atoms with van der Waals surface area (Å²) in [5, 5.41) is -0.176. The third-order valence-corrected chi connectivity index (χ3v) is 5.81. The van der Waals surface area contributed by atoms with Gasteiger partial charge in [0.1, 0.15) is 6.10 Å². The molecule has 4 nitrogen and oxygen atoms in total. The number of rotatable bonds is 6. The molecule has 0 aliphatic heterocycles. The van der Waals surface area contributed by atoms with Crippen LogP contribution in [0.4, 0.5) is 0 Å². The van der Waals surface area contributed by atoms with Crippen molar-refractivity contribution in [1.29, 1.82) is 0 Å². The Morgan fingerprint density at radius 1 is 1.53 bits per heavy atom. The van der Waals surface area contributed by atoms with Crippen LogP contribution in [0, 0.1) is 6.92 Å². The number of hydrogen-bond donors (Lipinski definition) is 1. The van der Waals surface area contributed by atoms with Crippen molar-refractivity contribution >= 4 is 21.4 Å². The minimum absolute atomic E-state index is 0.176. The predicted octanol–water partition coefficient (Wildman–Crippen LogP) is 1.83. The number of thiophene rings is 1. The molecular formula is C11H17NO3S2. The molecule has 1 aliphatic carbocycles. The van der Waals surface area contributed by atoms with E-state index in [1.165, 1.54) is 4.88 Å². The Hall–Kier alpha value is -0.430. The highest BCUT2D eigenvalue weighted by molar-refractivity contribution is 7.90. The summed E-state index contributed by atoms with van der Waals surface area (Å²) in [6, 6.07) is 4.00. The molecule has 1 N–H and O–H groups in total. The smallest absolute Gasteiger partial charge is 0.214 e. The fraction of sp³-hybridized carbons (Fsp3) is 0.636. The van der Waals surface area contributed by atoms with Crippen LogP contribution in [0.25, 0.3) is 0 Å². The molecule has 0 amide bonds. The van der Waals surface area contributed by atoms with Gasteiger partial charge in [-0.2, -0.15) is 0 Å². The Balaban J connectivity index is 1.96. The van der Waals surface area contributed by atoms with Gasteiger partial charge < -0.3 is 4.74 Å². The molecule has 0 saturated heterocycles. The van der Waals surface area contributed by atoms with Gasteiger partial charge >= 0.3 is 0 Å². The lowest BCUT2D eigenvalue weighted by atomic mass is 10.3. The van der Waals surface area contributed by atoms with Gasteiger partial charge in [-0.1, -0.05) is 0 Å². The number of nitrogens with one attached hydrogen (secondary N) is 1. The Morgan fingerprint density at radius 2 is 2.24 bits per heavy atom.